The summed E-state index contributed by atoms with van der Waals surface area (Å²) in [7, 11) is 0. The molecule has 2 atom stereocenters. The second kappa shape index (κ2) is 19.4. The lowest BCUT2D eigenvalue weighted by molar-refractivity contribution is -0.545. The van der Waals surface area contributed by atoms with Crippen molar-refractivity contribution in [3.63, 3.8) is 0 Å². The van der Waals surface area contributed by atoms with Crippen molar-refractivity contribution in [2.24, 2.45) is 5.92 Å². The molecular formula is C39H51N3O2. The minimum absolute atomic E-state index is 0.348. The summed E-state index contributed by atoms with van der Waals surface area (Å²) in [5.41, 5.74) is 2.30. The van der Waals surface area contributed by atoms with E-state index in [1.54, 1.807) is 30.4 Å². The average molecular weight is 594 g/mol. The van der Waals surface area contributed by atoms with Crippen molar-refractivity contribution >= 4 is 17.8 Å². The van der Waals surface area contributed by atoms with E-state index in [1.165, 1.54) is 82.7 Å². The molecule has 0 radical (unpaired) electrons. The average Bonchev–Trinajstić information content (AvgIpc) is 3.05. The Morgan fingerprint density at radius 1 is 0.795 bits per heavy atom. The van der Waals surface area contributed by atoms with E-state index in [1.807, 2.05) is 54.6 Å². The van der Waals surface area contributed by atoms with Crippen LogP contribution in [0.3, 0.4) is 0 Å². The standard InChI is InChI=1S/C39H51N3O2/c1-3-5-7-9-11-16-30-41(31-17-12-10-8-6-4-2)38-24-22-35(23-25-38)26-28-39(42(43)44)29-27-36(32-37(39)33-40)21-20-34-18-14-13-15-19-34/h13-15,18-29,32,37H,3-12,16-17,30-31H2,1-2H3. The number of allylic oxidation sites excluding steroid dienone is 3. The Balaban J connectivity index is 1.69. The van der Waals surface area contributed by atoms with Crippen LogP contribution in [0, 0.1) is 27.4 Å². The topological polar surface area (TPSA) is 70.2 Å². The Morgan fingerprint density at radius 2 is 1.36 bits per heavy atom. The van der Waals surface area contributed by atoms with Gasteiger partial charge in [-0.1, -0.05) is 151 Å². The predicted octanol–water partition coefficient (Wildman–Crippen LogP) is 10.6. The molecule has 0 aromatic heterocycles. The van der Waals surface area contributed by atoms with Crippen LogP contribution < -0.4 is 4.90 Å². The van der Waals surface area contributed by atoms with Crippen LogP contribution in [-0.2, 0) is 0 Å². The lowest BCUT2D eigenvalue weighted by Gasteiger charge is -2.26. The summed E-state index contributed by atoms with van der Waals surface area (Å²) in [6.07, 6.45) is 27.6. The van der Waals surface area contributed by atoms with Gasteiger partial charge in [0.05, 0.1) is 6.07 Å². The summed E-state index contributed by atoms with van der Waals surface area (Å²) in [6, 6.07) is 20.4. The van der Waals surface area contributed by atoms with E-state index in [9.17, 15) is 15.4 Å². The number of rotatable bonds is 20. The molecule has 0 fully saturated rings. The molecule has 0 bridgehead atoms. The highest BCUT2D eigenvalue weighted by Gasteiger charge is 2.47. The van der Waals surface area contributed by atoms with E-state index in [0.717, 1.165) is 29.8 Å². The molecule has 3 rings (SSSR count). The molecule has 5 nitrogen and oxygen atoms in total. The molecule has 2 unspecified atom stereocenters. The molecule has 0 N–H and O–H groups in total. The molecule has 234 valence electrons. The maximum Gasteiger partial charge on any atom is 0.278 e. The maximum absolute atomic E-state index is 12.4. The molecule has 0 heterocycles. The third-order valence-electron chi connectivity index (χ3n) is 8.49. The molecule has 1 aliphatic rings. The van der Waals surface area contributed by atoms with Crippen molar-refractivity contribution in [1.29, 1.82) is 5.26 Å². The van der Waals surface area contributed by atoms with Crippen LogP contribution in [0.4, 0.5) is 5.69 Å². The number of nitro groups is 1. The van der Waals surface area contributed by atoms with Gasteiger partial charge in [0, 0.05) is 23.7 Å². The molecular weight excluding hydrogens is 542 g/mol. The highest BCUT2D eigenvalue weighted by molar-refractivity contribution is 5.60. The van der Waals surface area contributed by atoms with Gasteiger partial charge >= 0.3 is 0 Å². The van der Waals surface area contributed by atoms with E-state index in [0.29, 0.717) is 0 Å². The monoisotopic (exact) mass is 593 g/mol. The van der Waals surface area contributed by atoms with Gasteiger partial charge in [-0.25, -0.2) is 0 Å². The van der Waals surface area contributed by atoms with Crippen molar-refractivity contribution in [2.45, 2.75) is 96.4 Å². The Bertz CT molecular complexity index is 1270. The van der Waals surface area contributed by atoms with Crippen LogP contribution in [0.25, 0.3) is 12.2 Å². The van der Waals surface area contributed by atoms with E-state index in [-0.39, 0.29) is 4.92 Å². The van der Waals surface area contributed by atoms with Gasteiger partial charge in [0.25, 0.3) is 5.54 Å². The molecule has 0 aliphatic heterocycles. The van der Waals surface area contributed by atoms with Crippen molar-refractivity contribution in [1.82, 2.24) is 0 Å². The van der Waals surface area contributed by atoms with Gasteiger partial charge < -0.3 is 4.90 Å². The van der Waals surface area contributed by atoms with Gasteiger partial charge in [0.1, 0.15) is 5.92 Å². The van der Waals surface area contributed by atoms with Crippen LogP contribution in [0.1, 0.15) is 102 Å². The van der Waals surface area contributed by atoms with Crippen LogP contribution >= 0.6 is 0 Å². The summed E-state index contributed by atoms with van der Waals surface area (Å²) < 4.78 is 0. The number of hydrogen-bond acceptors (Lipinski definition) is 4. The zero-order valence-corrected chi connectivity index (χ0v) is 26.9. The van der Waals surface area contributed by atoms with E-state index >= 15 is 0 Å². The van der Waals surface area contributed by atoms with Gasteiger partial charge in [-0.15, -0.1) is 0 Å². The molecule has 0 saturated carbocycles. The lowest BCUT2D eigenvalue weighted by atomic mass is 9.79. The summed E-state index contributed by atoms with van der Waals surface area (Å²) in [5.74, 6) is -0.918. The van der Waals surface area contributed by atoms with Crippen LogP contribution in [0.5, 0.6) is 0 Å². The highest BCUT2D eigenvalue weighted by atomic mass is 16.6. The molecule has 1 aliphatic carbocycles. The minimum Gasteiger partial charge on any atom is -0.372 e. The summed E-state index contributed by atoms with van der Waals surface area (Å²) in [6.45, 7) is 6.63. The largest absolute Gasteiger partial charge is 0.372 e. The molecule has 44 heavy (non-hydrogen) atoms. The molecule has 2 aromatic rings. The number of benzene rings is 2. The minimum atomic E-state index is -1.61. The van der Waals surface area contributed by atoms with Crippen LogP contribution in [0.2, 0.25) is 0 Å². The van der Waals surface area contributed by atoms with Gasteiger partial charge in [0.2, 0.25) is 0 Å². The summed E-state index contributed by atoms with van der Waals surface area (Å²) >= 11 is 0. The van der Waals surface area contributed by atoms with Gasteiger partial charge in [-0.3, -0.25) is 10.1 Å². The van der Waals surface area contributed by atoms with E-state index in [2.05, 4.69) is 36.9 Å². The summed E-state index contributed by atoms with van der Waals surface area (Å²) in [5, 5.41) is 22.3. The predicted molar refractivity (Wildman–Crippen MR) is 186 cm³/mol. The first-order chi connectivity index (χ1) is 21.5. The molecule has 0 saturated heterocycles. The fraction of sp³-hybridized carbons (Fsp3) is 0.462. The first kappa shape index (κ1) is 34.6. The Kier molecular flexibility index (Phi) is 15.2. The number of hydrogen-bond donors (Lipinski definition) is 0. The molecule has 2 aromatic carbocycles. The smallest absolute Gasteiger partial charge is 0.278 e. The first-order valence-corrected chi connectivity index (χ1v) is 16.7. The van der Waals surface area contributed by atoms with Crippen molar-refractivity contribution in [3.8, 4) is 6.07 Å². The third kappa shape index (κ3) is 11.0. The zero-order valence-electron chi connectivity index (χ0n) is 26.9. The summed E-state index contributed by atoms with van der Waals surface area (Å²) in [4.78, 5) is 14.5. The fourth-order valence-corrected chi connectivity index (χ4v) is 5.68. The number of anilines is 1. The third-order valence-corrected chi connectivity index (χ3v) is 8.49. The SMILES string of the molecule is CCCCCCCCN(CCCCCCCC)c1ccc(C=CC2([N+](=O)[O-])C=CC(C=Cc3ccccc3)=CC2C#N)cc1. The first-order valence-electron chi connectivity index (χ1n) is 16.7. The molecule has 0 spiro atoms. The highest BCUT2D eigenvalue weighted by Crippen LogP contribution is 2.33. The Labute approximate surface area is 265 Å². The second-order valence-corrected chi connectivity index (χ2v) is 11.9. The maximum atomic E-state index is 12.4. The number of nitrogens with zero attached hydrogens (tertiary/aromatic N) is 3. The second-order valence-electron chi connectivity index (χ2n) is 11.9. The van der Waals surface area contributed by atoms with E-state index < -0.39 is 11.5 Å². The molecule has 0 amide bonds. The quantitative estimate of drug-likeness (QED) is 0.0870. The fourth-order valence-electron chi connectivity index (χ4n) is 5.68. The van der Waals surface area contributed by atoms with Gasteiger partial charge in [0.15, 0.2) is 0 Å². The van der Waals surface area contributed by atoms with Gasteiger partial charge in [-0.05, 0) is 53.8 Å². The van der Waals surface area contributed by atoms with Crippen molar-refractivity contribution < 1.29 is 4.92 Å². The zero-order chi connectivity index (χ0) is 31.5. The van der Waals surface area contributed by atoms with Gasteiger partial charge in [-0.2, -0.15) is 5.26 Å². The normalized spacial score (nSPS) is 18.0. The lowest BCUT2D eigenvalue weighted by Crippen LogP contribution is -2.42. The number of unbranched alkanes of at least 4 members (excludes halogenated alkanes) is 10. The van der Waals surface area contributed by atoms with E-state index in [4.69, 9.17) is 0 Å². The van der Waals surface area contributed by atoms with Crippen molar-refractivity contribution in [2.75, 3.05) is 18.0 Å². The van der Waals surface area contributed by atoms with Crippen molar-refractivity contribution in [3.05, 3.63) is 112 Å². The Hall–Kier alpha value is -3.91. The van der Waals surface area contributed by atoms with Crippen LogP contribution in [0.15, 0.2) is 90.6 Å². The van der Waals surface area contributed by atoms with Crippen LogP contribution in [-0.4, -0.2) is 23.6 Å². The molecule has 5 heteroatoms. The Morgan fingerprint density at radius 3 is 1.93 bits per heavy atom. The number of nitriles is 1.